The highest BCUT2D eigenvalue weighted by molar-refractivity contribution is 6.30. The van der Waals surface area contributed by atoms with E-state index < -0.39 is 0 Å². The first-order valence-electron chi connectivity index (χ1n) is 10.1. The molecule has 0 unspecified atom stereocenters. The van der Waals surface area contributed by atoms with E-state index in [1.807, 2.05) is 47.4 Å². The Morgan fingerprint density at radius 3 is 2.40 bits per heavy atom. The molecule has 1 aliphatic heterocycles. The van der Waals surface area contributed by atoms with Crippen molar-refractivity contribution in [3.05, 3.63) is 71.4 Å². The second-order valence-electron chi connectivity index (χ2n) is 7.26. The maximum Gasteiger partial charge on any atom is 0.270 e. The predicted molar refractivity (Wildman–Crippen MR) is 117 cm³/mol. The normalized spacial score (nSPS) is 13.4. The second kappa shape index (κ2) is 9.13. The molecule has 0 radical (unpaired) electrons. The molecular formula is C23H23ClN4O2. The Morgan fingerprint density at radius 1 is 1.00 bits per heavy atom. The molecule has 1 fully saturated rings. The van der Waals surface area contributed by atoms with Gasteiger partial charge in [-0.3, -0.25) is 9.59 Å². The molecule has 0 spiro atoms. The van der Waals surface area contributed by atoms with Gasteiger partial charge in [-0.1, -0.05) is 41.9 Å². The van der Waals surface area contributed by atoms with E-state index in [2.05, 4.69) is 10.4 Å². The first-order chi connectivity index (χ1) is 14.6. The van der Waals surface area contributed by atoms with Crippen LogP contribution in [-0.4, -0.2) is 46.1 Å². The molecule has 1 saturated heterocycles. The van der Waals surface area contributed by atoms with Crippen LogP contribution in [0.4, 0.5) is 0 Å². The van der Waals surface area contributed by atoms with Gasteiger partial charge in [-0.2, -0.15) is 5.10 Å². The fourth-order valence-corrected chi connectivity index (χ4v) is 3.69. The van der Waals surface area contributed by atoms with Crippen LogP contribution in [0.1, 0.15) is 29.8 Å². The van der Waals surface area contributed by atoms with Crippen molar-refractivity contribution in [1.82, 2.24) is 20.0 Å². The Balaban J connectivity index is 1.53. The van der Waals surface area contributed by atoms with Crippen LogP contribution in [-0.2, 0) is 4.79 Å². The second-order valence-corrected chi connectivity index (χ2v) is 7.70. The lowest BCUT2D eigenvalue weighted by atomic mass is 10.1. The Labute approximate surface area is 180 Å². The largest absolute Gasteiger partial charge is 0.350 e. The highest BCUT2D eigenvalue weighted by atomic mass is 35.5. The number of nitrogens with one attached hydrogen (secondary N) is 1. The predicted octanol–water partition coefficient (Wildman–Crippen LogP) is 3.94. The van der Waals surface area contributed by atoms with Crippen molar-refractivity contribution in [2.75, 3.05) is 19.6 Å². The molecule has 6 nitrogen and oxygen atoms in total. The summed E-state index contributed by atoms with van der Waals surface area (Å²) in [4.78, 5) is 27.0. The van der Waals surface area contributed by atoms with Crippen molar-refractivity contribution in [2.45, 2.75) is 19.3 Å². The molecular weight excluding hydrogens is 400 g/mol. The molecule has 2 amide bonds. The maximum atomic E-state index is 12.9. The third kappa shape index (κ3) is 4.54. The van der Waals surface area contributed by atoms with E-state index in [9.17, 15) is 9.59 Å². The molecule has 3 aromatic rings. The molecule has 0 bridgehead atoms. The first kappa shape index (κ1) is 20.2. The number of hydrogen-bond acceptors (Lipinski definition) is 3. The van der Waals surface area contributed by atoms with Crippen LogP contribution in [0.3, 0.4) is 0 Å². The van der Waals surface area contributed by atoms with Crippen LogP contribution in [0.2, 0.25) is 5.02 Å². The molecule has 2 aromatic carbocycles. The van der Waals surface area contributed by atoms with Crippen molar-refractivity contribution in [2.24, 2.45) is 0 Å². The van der Waals surface area contributed by atoms with E-state index >= 15 is 0 Å². The summed E-state index contributed by atoms with van der Waals surface area (Å²) < 4.78 is 1.63. The molecule has 154 valence electrons. The number of carbonyl (C=O) groups excluding carboxylic acids is 2. The van der Waals surface area contributed by atoms with Gasteiger partial charge in [0, 0.05) is 36.6 Å². The molecule has 1 aromatic heterocycles. The number of hydrogen-bond donors (Lipinski definition) is 1. The van der Waals surface area contributed by atoms with Crippen molar-refractivity contribution < 1.29 is 9.59 Å². The molecule has 1 aliphatic rings. The third-order valence-corrected chi connectivity index (χ3v) is 5.42. The highest BCUT2D eigenvalue weighted by Gasteiger charge is 2.20. The lowest BCUT2D eigenvalue weighted by Crippen LogP contribution is -2.33. The molecule has 30 heavy (non-hydrogen) atoms. The molecule has 0 aliphatic carbocycles. The summed E-state index contributed by atoms with van der Waals surface area (Å²) in [5.74, 6) is -0.174. The fraction of sp³-hybridized carbons (Fsp3) is 0.261. The SMILES string of the molecule is O=C(NCCC(=O)N1CCCC1)c1cc(-c2ccc(Cl)cc2)nn1-c1ccccc1. The van der Waals surface area contributed by atoms with Gasteiger partial charge in [-0.15, -0.1) is 0 Å². The summed E-state index contributed by atoms with van der Waals surface area (Å²) >= 11 is 5.99. The number of likely N-dealkylation sites (tertiary alicyclic amines) is 1. The lowest BCUT2D eigenvalue weighted by molar-refractivity contribution is -0.129. The van der Waals surface area contributed by atoms with E-state index in [4.69, 9.17) is 11.6 Å². The number of rotatable bonds is 6. The van der Waals surface area contributed by atoms with Crippen molar-refractivity contribution in [1.29, 1.82) is 0 Å². The van der Waals surface area contributed by atoms with Crippen molar-refractivity contribution >= 4 is 23.4 Å². The molecule has 1 N–H and O–H groups in total. The number of nitrogens with zero attached hydrogens (tertiary/aromatic N) is 3. The number of benzene rings is 2. The monoisotopic (exact) mass is 422 g/mol. The van der Waals surface area contributed by atoms with Gasteiger partial charge in [0.15, 0.2) is 0 Å². The van der Waals surface area contributed by atoms with E-state index in [0.717, 1.165) is 37.2 Å². The number of para-hydroxylation sites is 1. The van der Waals surface area contributed by atoms with Gasteiger partial charge < -0.3 is 10.2 Å². The summed E-state index contributed by atoms with van der Waals surface area (Å²) in [6, 6.07) is 18.6. The van der Waals surface area contributed by atoms with E-state index in [1.165, 1.54) is 0 Å². The zero-order valence-corrected chi connectivity index (χ0v) is 17.3. The van der Waals surface area contributed by atoms with Crippen molar-refractivity contribution in [3.8, 4) is 16.9 Å². The van der Waals surface area contributed by atoms with Crippen LogP contribution in [0, 0.1) is 0 Å². The maximum absolute atomic E-state index is 12.9. The molecule has 7 heteroatoms. The third-order valence-electron chi connectivity index (χ3n) is 5.17. The minimum atomic E-state index is -0.263. The Bertz CT molecular complexity index is 1030. The van der Waals surface area contributed by atoms with Gasteiger partial charge in [0.25, 0.3) is 5.91 Å². The van der Waals surface area contributed by atoms with Crippen LogP contribution < -0.4 is 5.32 Å². The smallest absolute Gasteiger partial charge is 0.270 e. The zero-order chi connectivity index (χ0) is 20.9. The topological polar surface area (TPSA) is 67.2 Å². The summed E-state index contributed by atoms with van der Waals surface area (Å²) in [6.07, 6.45) is 2.42. The van der Waals surface area contributed by atoms with Crippen LogP contribution in [0.15, 0.2) is 60.7 Å². The average Bonchev–Trinajstić information content (AvgIpc) is 3.45. The molecule has 2 heterocycles. The van der Waals surface area contributed by atoms with Gasteiger partial charge in [0.05, 0.1) is 11.4 Å². The van der Waals surface area contributed by atoms with Crippen LogP contribution in [0.5, 0.6) is 0 Å². The number of amides is 2. The Kier molecular flexibility index (Phi) is 6.14. The minimum Gasteiger partial charge on any atom is -0.350 e. The van der Waals surface area contributed by atoms with Gasteiger partial charge in [-0.25, -0.2) is 4.68 Å². The van der Waals surface area contributed by atoms with Crippen LogP contribution >= 0.6 is 11.6 Å². The van der Waals surface area contributed by atoms with Crippen LogP contribution in [0.25, 0.3) is 16.9 Å². The standard InChI is InChI=1S/C23H23ClN4O2/c24-18-10-8-17(9-11-18)20-16-21(28(26-20)19-6-2-1-3-7-19)23(30)25-13-12-22(29)27-14-4-5-15-27/h1-3,6-11,16H,4-5,12-15H2,(H,25,30). The molecule has 0 atom stereocenters. The van der Waals surface area contributed by atoms with E-state index in [0.29, 0.717) is 29.4 Å². The summed E-state index contributed by atoms with van der Waals surface area (Å²) in [6.45, 7) is 1.93. The fourth-order valence-electron chi connectivity index (χ4n) is 3.57. The number of aromatic nitrogens is 2. The minimum absolute atomic E-state index is 0.0891. The Morgan fingerprint density at radius 2 is 1.70 bits per heavy atom. The highest BCUT2D eigenvalue weighted by Crippen LogP contribution is 2.23. The zero-order valence-electron chi connectivity index (χ0n) is 16.6. The Hall–Kier alpha value is -3.12. The summed E-state index contributed by atoms with van der Waals surface area (Å²) in [5.41, 5.74) is 2.75. The van der Waals surface area contributed by atoms with E-state index in [-0.39, 0.29) is 11.8 Å². The quantitative estimate of drug-likeness (QED) is 0.654. The molecule has 4 rings (SSSR count). The first-order valence-corrected chi connectivity index (χ1v) is 10.5. The van der Waals surface area contributed by atoms with Gasteiger partial charge in [0.2, 0.25) is 5.91 Å². The number of halogens is 1. The average molecular weight is 423 g/mol. The van der Waals surface area contributed by atoms with Gasteiger partial charge in [-0.05, 0) is 43.2 Å². The summed E-state index contributed by atoms with van der Waals surface area (Å²) in [7, 11) is 0. The summed E-state index contributed by atoms with van der Waals surface area (Å²) in [5, 5.41) is 8.15. The van der Waals surface area contributed by atoms with E-state index in [1.54, 1.807) is 22.9 Å². The van der Waals surface area contributed by atoms with Gasteiger partial charge >= 0.3 is 0 Å². The lowest BCUT2D eigenvalue weighted by Gasteiger charge is -2.15. The molecule has 0 saturated carbocycles. The number of carbonyl (C=O) groups is 2. The van der Waals surface area contributed by atoms with Gasteiger partial charge in [0.1, 0.15) is 5.69 Å². The van der Waals surface area contributed by atoms with Crippen molar-refractivity contribution in [3.63, 3.8) is 0 Å².